The van der Waals surface area contributed by atoms with Gasteiger partial charge in [-0.3, -0.25) is 19.7 Å². The van der Waals surface area contributed by atoms with E-state index in [-0.39, 0.29) is 34.3 Å². The van der Waals surface area contributed by atoms with Crippen LogP contribution >= 0.6 is 0 Å². The van der Waals surface area contributed by atoms with Gasteiger partial charge in [0.1, 0.15) is 6.04 Å². The molecule has 30 heavy (non-hydrogen) atoms. The first-order valence-electron chi connectivity index (χ1n) is 9.26. The normalized spacial score (nSPS) is 15.3. The van der Waals surface area contributed by atoms with Gasteiger partial charge in [0.15, 0.2) is 0 Å². The molecule has 3 aromatic rings. The first-order valence-corrected chi connectivity index (χ1v) is 9.26. The van der Waals surface area contributed by atoms with E-state index in [1.54, 1.807) is 38.1 Å². The summed E-state index contributed by atoms with van der Waals surface area (Å²) in [4.78, 5) is 49.7. The molecule has 152 valence electrons. The zero-order valence-electron chi connectivity index (χ0n) is 16.2. The molecule has 1 aliphatic rings. The summed E-state index contributed by atoms with van der Waals surface area (Å²) in [5, 5.41) is 11.5. The summed E-state index contributed by atoms with van der Waals surface area (Å²) in [5.74, 6) is -0.655. The van der Waals surface area contributed by atoms with Crippen LogP contribution in [-0.4, -0.2) is 26.9 Å². The van der Waals surface area contributed by atoms with Gasteiger partial charge in [-0.25, -0.2) is 14.2 Å². The van der Waals surface area contributed by atoms with Gasteiger partial charge in [0.25, 0.3) is 16.8 Å². The molecule has 1 atom stereocenters. The summed E-state index contributed by atoms with van der Waals surface area (Å²) in [6.07, 6.45) is 0. The van der Waals surface area contributed by atoms with Crippen molar-refractivity contribution in [3.05, 3.63) is 90.5 Å². The summed E-state index contributed by atoms with van der Waals surface area (Å²) in [7, 11) is 0. The highest BCUT2D eigenvalue weighted by atomic mass is 16.6. The maximum Gasteiger partial charge on any atom is 0.338 e. The molecule has 9 nitrogen and oxygen atoms in total. The minimum absolute atomic E-state index is 0.116. The Hall–Kier alpha value is -4.01. The minimum Gasteiger partial charge on any atom is -0.463 e. The van der Waals surface area contributed by atoms with Gasteiger partial charge >= 0.3 is 5.97 Å². The smallest absolute Gasteiger partial charge is 0.338 e. The van der Waals surface area contributed by atoms with E-state index >= 15 is 0 Å². The number of benzene rings is 2. The molecule has 2 aromatic carbocycles. The summed E-state index contributed by atoms with van der Waals surface area (Å²) in [6.45, 7) is 3.35. The number of non-ortho nitro benzene ring substituents is 1. The van der Waals surface area contributed by atoms with Crippen LogP contribution < -0.4 is 11.1 Å². The average Bonchev–Trinajstić information content (AvgIpc) is 3.05. The van der Waals surface area contributed by atoms with Gasteiger partial charge in [-0.05, 0) is 43.7 Å². The molecule has 1 aromatic heterocycles. The Balaban J connectivity index is 2.06. The molecule has 0 saturated carbocycles. The molecule has 0 amide bonds. The molecule has 0 N–H and O–H groups in total. The van der Waals surface area contributed by atoms with Gasteiger partial charge in [0.2, 0.25) is 0 Å². The quantitative estimate of drug-likeness (QED) is 0.373. The predicted octanol–water partition coefficient (Wildman–Crippen LogP) is 2.47. The van der Waals surface area contributed by atoms with Crippen LogP contribution in [0.4, 0.5) is 5.69 Å². The highest BCUT2D eigenvalue weighted by Gasteiger charge is 2.38. The zero-order valence-corrected chi connectivity index (χ0v) is 16.2. The molecule has 0 bridgehead atoms. The number of hydrogen-bond donors (Lipinski definition) is 0. The number of ether oxygens (including phenoxy) is 1. The molecule has 0 aliphatic carbocycles. The predicted molar refractivity (Wildman–Crippen MR) is 109 cm³/mol. The Morgan fingerprint density at radius 1 is 1.07 bits per heavy atom. The Kier molecular flexibility index (Phi) is 4.57. The summed E-state index contributed by atoms with van der Waals surface area (Å²) in [6, 6.07) is 11.0. The van der Waals surface area contributed by atoms with Crippen molar-refractivity contribution in [3.8, 4) is 0 Å². The van der Waals surface area contributed by atoms with E-state index in [1.165, 1.54) is 33.6 Å². The van der Waals surface area contributed by atoms with Gasteiger partial charge in [0.05, 0.1) is 33.6 Å². The number of nitrogens with zero attached hydrogens (tertiary/aromatic N) is 3. The number of carbonyl (C=O) groups excluding carboxylic acids is 1. The van der Waals surface area contributed by atoms with Crippen molar-refractivity contribution in [1.29, 1.82) is 0 Å². The van der Waals surface area contributed by atoms with Crippen LogP contribution in [0.15, 0.2) is 63.7 Å². The van der Waals surface area contributed by atoms with E-state index in [0.717, 1.165) is 0 Å². The van der Waals surface area contributed by atoms with Crippen LogP contribution in [0, 0.1) is 10.1 Å². The van der Waals surface area contributed by atoms with Crippen LogP contribution in [-0.2, 0) is 9.53 Å². The molecular formula is C21H17N3O6. The van der Waals surface area contributed by atoms with Gasteiger partial charge < -0.3 is 4.74 Å². The van der Waals surface area contributed by atoms with E-state index in [2.05, 4.69) is 0 Å². The van der Waals surface area contributed by atoms with Crippen molar-refractivity contribution < 1.29 is 14.5 Å². The van der Waals surface area contributed by atoms with Gasteiger partial charge in [-0.1, -0.05) is 12.1 Å². The number of fused-ring (bicyclic) bond motifs is 2. The van der Waals surface area contributed by atoms with E-state index in [1.807, 2.05) is 0 Å². The van der Waals surface area contributed by atoms with Crippen molar-refractivity contribution in [2.45, 2.75) is 19.9 Å². The number of esters is 1. The standard InChI is InChI=1S/C21H17N3O6/c1-3-30-21(27)17-12(2)22-19(25)15-6-4-5-7-16(15)20(26)23(22)18(17)13-8-10-14(11-9-13)24(28)29/h4-11,18H,3H2,1-2H3. The number of aromatic nitrogens is 2. The lowest BCUT2D eigenvalue weighted by atomic mass is 9.98. The molecule has 0 fully saturated rings. The maximum absolute atomic E-state index is 13.3. The summed E-state index contributed by atoms with van der Waals surface area (Å²) >= 11 is 0. The molecule has 0 radical (unpaired) electrons. The van der Waals surface area contributed by atoms with Crippen LogP contribution in [0.5, 0.6) is 0 Å². The lowest BCUT2D eigenvalue weighted by Crippen LogP contribution is -2.37. The topological polar surface area (TPSA) is 113 Å². The van der Waals surface area contributed by atoms with Crippen LogP contribution in [0.2, 0.25) is 0 Å². The van der Waals surface area contributed by atoms with E-state index in [0.29, 0.717) is 5.56 Å². The summed E-state index contributed by atoms with van der Waals surface area (Å²) < 4.78 is 7.58. The largest absolute Gasteiger partial charge is 0.463 e. The van der Waals surface area contributed by atoms with E-state index in [9.17, 15) is 24.5 Å². The molecule has 2 heterocycles. The van der Waals surface area contributed by atoms with Crippen molar-refractivity contribution in [2.24, 2.45) is 0 Å². The molecule has 9 heteroatoms. The third kappa shape index (κ3) is 2.74. The number of nitro groups is 1. The second-order valence-electron chi connectivity index (χ2n) is 6.78. The highest BCUT2D eigenvalue weighted by molar-refractivity contribution is 5.97. The first-order chi connectivity index (χ1) is 14.4. The van der Waals surface area contributed by atoms with Crippen LogP contribution in [0.25, 0.3) is 16.5 Å². The average molecular weight is 407 g/mol. The minimum atomic E-state index is -0.949. The molecule has 1 aliphatic heterocycles. The first kappa shape index (κ1) is 19.3. The molecular weight excluding hydrogens is 390 g/mol. The lowest BCUT2D eigenvalue weighted by molar-refractivity contribution is -0.384. The van der Waals surface area contributed by atoms with Crippen LogP contribution in [0.1, 0.15) is 25.5 Å². The van der Waals surface area contributed by atoms with Gasteiger partial charge in [0, 0.05) is 12.1 Å². The van der Waals surface area contributed by atoms with E-state index in [4.69, 9.17) is 4.74 Å². The highest BCUT2D eigenvalue weighted by Crippen LogP contribution is 2.36. The number of rotatable bonds is 4. The fourth-order valence-corrected chi connectivity index (χ4v) is 3.82. The van der Waals surface area contributed by atoms with Gasteiger partial charge in [-0.15, -0.1) is 0 Å². The molecule has 0 saturated heterocycles. The lowest BCUT2D eigenvalue weighted by Gasteiger charge is -2.18. The van der Waals surface area contributed by atoms with Crippen molar-refractivity contribution in [2.75, 3.05) is 6.61 Å². The van der Waals surface area contributed by atoms with Gasteiger partial charge in [-0.2, -0.15) is 0 Å². The third-order valence-electron chi connectivity index (χ3n) is 5.14. The van der Waals surface area contributed by atoms with Crippen molar-refractivity contribution in [3.63, 3.8) is 0 Å². The van der Waals surface area contributed by atoms with E-state index < -0.39 is 28.1 Å². The number of hydrogen-bond acceptors (Lipinski definition) is 6. The SMILES string of the molecule is CCOC(=O)C1=C(C)n2c(=O)c3ccccc3c(=O)n2C1c1ccc([N+](=O)[O-])cc1. The number of nitro benzene ring substituents is 1. The zero-order chi connectivity index (χ0) is 21.6. The Morgan fingerprint density at radius 2 is 1.67 bits per heavy atom. The Bertz CT molecular complexity index is 1350. The molecule has 1 unspecified atom stereocenters. The second kappa shape index (κ2) is 7.11. The Morgan fingerprint density at radius 3 is 2.23 bits per heavy atom. The third-order valence-corrected chi connectivity index (χ3v) is 5.14. The van der Waals surface area contributed by atoms with Crippen molar-refractivity contribution >= 4 is 28.1 Å². The monoisotopic (exact) mass is 407 g/mol. The van der Waals surface area contributed by atoms with Crippen LogP contribution in [0.3, 0.4) is 0 Å². The molecule has 0 spiro atoms. The number of carbonyl (C=O) groups is 1. The van der Waals surface area contributed by atoms with Crippen molar-refractivity contribution in [1.82, 2.24) is 9.36 Å². The summed E-state index contributed by atoms with van der Waals surface area (Å²) in [5.41, 5.74) is -0.143. The number of allylic oxidation sites excluding steroid dienone is 1. The fraction of sp³-hybridized carbons (Fsp3) is 0.190. The Labute approximate surface area is 169 Å². The fourth-order valence-electron chi connectivity index (χ4n) is 3.82. The second-order valence-corrected chi connectivity index (χ2v) is 6.78. The molecule has 4 rings (SSSR count). The maximum atomic E-state index is 13.3.